The van der Waals surface area contributed by atoms with E-state index < -0.39 is 28.2 Å². The lowest BCUT2D eigenvalue weighted by Crippen LogP contribution is -2.41. The molecule has 0 unspecified atom stereocenters. The van der Waals surface area contributed by atoms with Gasteiger partial charge in [-0.05, 0) is 51.5 Å². The second kappa shape index (κ2) is 6.97. The lowest BCUT2D eigenvalue weighted by atomic mass is 9.77. The maximum Gasteiger partial charge on any atom is 0.498 e. The first-order chi connectivity index (χ1) is 12.5. The molecule has 1 aliphatic heterocycles. The van der Waals surface area contributed by atoms with E-state index in [9.17, 15) is 8.42 Å². The molecular formula is C20H25BO5S. The van der Waals surface area contributed by atoms with Crippen LogP contribution in [0.25, 0.3) is 0 Å². The lowest BCUT2D eigenvalue weighted by Gasteiger charge is -2.32. The van der Waals surface area contributed by atoms with Crippen LogP contribution in [0.3, 0.4) is 0 Å². The fraction of sp³-hybridized carbons (Fsp3) is 0.400. The first-order valence-corrected chi connectivity index (χ1v) is 10.9. The van der Waals surface area contributed by atoms with E-state index in [0.717, 1.165) is 0 Å². The highest BCUT2D eigenvalue weighted by Crippen LogP contribution is 2.37. The topological polar surface area (TPSA) is 61.8 Å². The molecule has 1 aliphatic rings. The third kappa shape index (κ3) is 4.54. The van der Waals surface area contributed by atoms with Gasteiger partial charge in [-0.1, -0.05) is 30.3 Å². The van der Waals surface area contributed by atoms with Crippen LogP contribution >= 0.6 is 0 Å². The summed E-state index contributed by atoms with van der Waals surface area (Å²) in [6.45, 7) is 7.91. The molecule has 0 radical (unpaired) electrons. The van der Waals surface area contributed by atoms with Crippen molar-refractivity contribution >= 4 is 22.4 Å². The largest absolute Gasteiger partial charge is 0.498 e. The van der Waals surface area contributed by atoms with Gasteiger partial charge in [-0.2, -0.15) is 0 Å². The highest BCUT2D eigenvalue weighted by Gasteiger charge is 2.52. The average molecular weight is 388 g/mol. The molecule has 0 atom stereocenters. The summed E-state index contributed by atoms with van der Waals surface area (Å²) in [6, 6.07) is 14.7. The lowest BCUT2D eigenvalue weighted by molar-refractivity contribution is 0.00578. The van der Waals surface area contributed by atoms with Crippen molar-refractivity contribution < 1.29 is 22.5 Å². The van der Waals surface area contributed by atoms with Gasteiger partial charge in [-0.25, -0.2) is 8.42 Å². The van der Waals surface area contributed by atoms with E-state index >= 15 is 0 Å². The number of benzene rings is 2. The Morgan fingerprint density at radius 1 is 0.963 bits per heavy atom. The van der Waals surface area contributed by atoms with Crippen molar-refractivity contribution in [3.05, 3.63) is 54.1 Å². The number of para-hydroxylation sites is 1. The van der Waals surface area contributed by atoms with E-state index in [4.69, 9.17) is 14.0 Å². The predicted octanol–water partition coefficient (Wildman–Crippen LogP) is 3.32. The summed E-state index contributed by atoms with van der Waals surface area (Å²) in [6.07, 6.45) is 1.22. The Kier molecular flexibility index (Phi) is 5.14. The summed E-state index contributed by atoms with van der Waals surface area (Å²) in [5, 5.41) is 0. The zero-order valence-corrected chi connectivity index (χ0v) is 17.2. The minimum Gasteiger partial charge on any atom is -0.458 e. The second-order valence-electron chi connectivity index (χ2n) is 7.95. The molecule has 0 spiro atoms. The van der Waals surface area contributed by atoms with Gasteiger partial charge in [0.05, 0.1) is 17.0 Å². The summed E-state index contributed by atoms with van der Waals surface area (Å²) in [4.78, 5) is 0. The van der Waals surface area contributed by atoms with Crippen LogP contribution < -0.4 is 10.2 Å². The Morgan fingerprint density at radius 2 is 1.56 bits per heavy atom. The van der Waals surface area contributed by atoms with Gasteiger partial charge in [0.25, 0.3) is 0 Å². The molecular weight excluding hydrogens is 363 g/mol. The minimum atomic E-state index is -3.16. The fourth-order valence-corrected chi connectivity index (χ4v) is 3.64. The normalized spacial score (nSPS) is 18.5. The van der Waals surface area contributed by atoms with Gasteiger partial charge in [0.1, 0.15) is 11.5 Å². The molecule has 0 aliphatic carbocycles. The van der Waals surface area contributed by atoms with Gasteiger partial charge < -0.3 is 14.0 Å². The smallest absolute Gasteiger partial charge is 0.458 e. The average Bonchev–Trinajstić information content (AvgIpc) is 2.76. The van der Waals surface area contributed by atoms with Crippen molar-refractivity contribution in [2.75, 3.05) is 6.26 Å². The maximum atomic E-state index is 11.7. The Bertz CT molecular complexity index is 907. The summed E-state index contributed by atoms with van der Waals surface area (Å²) in [5.41, 5.74) is 0.338. The molecule has 144 valence electrons. The summed E-state index contributed by atoms with van der Waals surface area (Å²) in [5.74, 6) is 1.22. The highest BCUT2D eigenvalue weighted by molar-refractivity contribution is 7.89. The number of sulfone groups is 1. The molecule has 1 saturated heterocycles. The zero-order valence-electron chi connectivity index (χ0n) is 16.4. The summed E-state index contributed by atoms with van der Waals surface area (Å²) in [7, 11) is -3.80. The van der Waals surface area contributed by atoms with Crippen LogP contribution in [0.5, 0.6) is 11.5 Å². The van der Waals surface area contributed by atoms with E-state index in [2.05, 4.69) is 0 Å². The van der Waals surface area contributed by atoms with Crippen molar-refractivity contribution in [3.8, 4) is 11.5 Å². The number of hydrogen-bond donors (Lipinski definition) is 0. The molecule has 2 aromatic rings. The molecule has 1 heterocycles. The van der Waals surface area contributed by atoms with E-state index in [1.54, 1.807) is 18.2 Å². The van der Waals surface area contributed by atoms with Crippen LogP contribution in [0.4, 0.5) is 0 Å². The molecule has 7 heteroatoms. The van der Waals surface area contributed by atoms with E-state index in [0.29, 0.717) is 22.5 Å². The van der Waals surface area contributed by atoms with Crippen LogP contribution in [0, 0.1) is 0 Å². The van der Waals surface area contributed by atoms with Gasteiger partial charge in [-0.3, -0.25) is 0 Å². The molecule has 0 N–H and O–H groups in total. The standard InChI is InChI=1S/C20H25BO5S/c1-19(2)20(3,4)26-21(25-19)17-13-15(14-27(5,22)23)11-12-18(17)24-16-9-7-6-8-10-16/h6-13H,14H2,1-5H3. The molecule has 0 saturated carbocycles. The molecule has 27 heavy (non-hydrogen) atoms. The fourth-order valence-electron chi connectivity index (χ4n) is 2.85. The first-order valence-electron chi connectivity index (χ1n) is 8.86. The predicted molar refractivity (Wildman–Crippen MR) is 107 cm³/mol. The number of ether oxygens (including phenoxy) is 1. The van der Waals surface area contributed by atoms with Crippen LogP contribution in [-0.4, -0.2) is 33.0 Å². The van der Waals surface area contributed by atoms with Crippen molar-refractivity contribution in [2.45, 2.75) is 44.6 Å². The Labute approximate surface area is 161 Å². The SMILES string of the molecule is CC1(C)OB(c2cc(CS(C)(=O)=O)ccc2Oc2ccccc2)OC1(C)C. The van der Waals surface area contributed by atoms with Crippen molar-refractivity contribution in [1.29, 1.82) is 0 Å². The highest BCUT2D eigenvalue weighted by atomic mass is 32.2. The monoisotopic (exact) mass is 388 g/mol. The Hall–Kier alpha value is -1.83. The van der Waals surface area contributed by atoms with Crippen LogP contribution in [0.15, 0.2) is 48.5 Å². The van der Waals surface area contributed by atoms with Gasteiger partial charge in [-0.15, -0.1) is 0 Å². The third-order valence-electron chi connectivity index (χ3n) is 4.98. The van der Waals surface area contributed by atoms with E-state index in [1.807, 2.05) is 58.0 Å². The summed E-state index contributed by atoms with van der Waals surface area (Å²) < 4.78 is 41.8. The van der Waals surface area contributed by atoms with Gasteiger partial charge in [0, 0.05) is 11.7 Å². The Balaban J connectivity index is 2.01. The van der Waals surface area contributed by atoms with Gasteiger partial charge in [0.2, 0.25) is 0 Å². The third-order valence-corrected chi connectivity index (χ3v) is 5.84. The molecule has 1 fully saturated rings. The Morgan fingerprint density at radius 3 is 2.11 bits per heavy atom. The van der Waals surface area contributed by atoms with Crippen LogP contribution in [0.2, 0.25) is 0 Å². The number of hydrogen-bond acceptors (Lipinski definition) is 5. The quantitative estimate of drug-likeness (QED) is 0.736. The van der Waals surface area contributed by atoms with Crippen molar-refractivity contribution in [3.63, 3.8) is 0 Å². The molecule has 0 amide bonds. The molecule has 2 aromatic carbocycles. The molecule has 5 nitrogen and oxygen atoms in total. The number of rotatable bonds is 5. The minimum absolute atomic E-state index is 0.0505. The van der Waals surface area contributed by atoms with E-state index in [1.165, 1.54) is 6.26 Å². The van der Waals surface area contributed by atoms with Crippen molar-refractivity contribution in [2.24, 2.45) is 0 Å². The van der Waals surface area contributed by atoms with Gasteiger partial charge in [0.15, 0.2) is 9.84 Å². The van der Waals surface area contributed by atoms with Crippen molar-refractivity contribution in [1.82, 2.24) is 0 Å². The molecule has 3 rings (SSSR count). The van der Waals surface area contributed by atoms with Crippen LogP contribution in [0.1, 0.15) is 33.3 Å². The van der Waals surface area contributed by atoms with Crippen LogP contribution in [-0.2, 0) is 24.9 Å². The zero-order chi connectivity index (χ0) is 19.9. The molecule has 0 bridgehead atoms. The second-order valence-corrected chi connectivity index (χ2v) is 10.1. The molecule has 0 aromatic heterocycles. The summed E-state index contributed by atoms with van der Waals surface area (Å²) >= 11 is 0. The maximum absolute atomic E-state index is 11.7. The van der Waals surface area contributed by atoms with E-state index in [-0.39, 0.29) is 5.75 Å². The first kappa shape index (κ1) is 19.9. The van der Waals surface area contributed by atoms with Gasteiger partial charge >= 0.3 is 7.12 Å².